The number of rotatable bonds is 8. The highest BCUT2D eigenvalue weighted by atomic mass is 127. The summed E-state index contributed by atoms with van der Waals surface area (Å²) in [4.78, 5) is 23.5. The fourth-order valence-corrected chi connectivity index (χ4v) is 3.88. The van der Waals surface area contributed by atoms with Gasteiger partial charge in [-0.05, 0) is 37.6 Å². The molecule has 0 atom stereocenters. The maximum Gasteiger partial charge on any atom is 0.227 e. The molecular formula is C22H37IN6O. The van der Waals surface area contributed by atoms with Crippen LogP contribution in [0.15, 0.2) is 29.3 Å². The monoisotopic (exact) mass is 528 g/mol. The summed E-state index contributed by atoms with van der Waals surface area (Å²) in [6.07, 6.45) is 1.62. The number of likely N-dealkylation sites (N-methyl/N-ethyl adjacent to an activating group) is 1. The summed E-state index contributed by atoms with van der Waals surface area (Å²) in [7, 11) is 0. The Hall–Kier alpha value is -1.39. The van der Waals surface area contributed by atoms with Crippen molar-refractivity contribution in [1.82, 2.24) is 20.4 Å². The molecule has 2 N–H and O–H groups in total. The fraction of sp³-hybridized carbons (Fsp3) is 0.636. The van der Waals surface area contributed by atoms with Crippen molar-refractivity contribution in [1.29, 1.82) is 0 Å². The third kappa shape index (κ3) is 7.39. The number of carbonyl (C=O) groups excluding carboxylic acids is 1. The molecule has 0 bridgehead atoms. The van der Waals surface area contributed by atoms with Crippen molar-refractivity contribution in [2.45, 2.75) is 33.2 Å². The molecule has 0 unspecified atom stereocenters. The predicted octanol–water partition coefficient (Wildman–Crippen LogP) is 2.12. The number of nitrogens with zero attached hydrogens (tertiary/aromatic N) is 4. The van der Waals surface area contributed by atoms with E-state index in [9.17, 15) is 4.79 Å². The van der Waals surface area contributed by atoms with Crippen LogP contribution in [0.4, 0.5) is 5.69 Å². The fourth-order valence-electron chi connectivity index (χ4n) is 3.88. The van der Waals surface area contributed by atoms with Crippen molar-refractivity contribution in [2.24, 2.45) is 4.99 Å². The third-order valence-electron chi connectivity index (χ3n) is 5.72. The molecule has 2 fully saturated rings. The van der Waals surface area contributed by atoms with Crippen molar-refractivity contribution in [3.63, 3.8) is 0 Å². The Morgan fingerprint density at radius 3 is 2.30 bits per heavy atom. The average molecular weight is 528 g/mol. The molecule has 0 spiro atoms. The van der Waals surface area contributed by atoms with Crippen molar-refractivity contribution >= 4 is 41.5 Å². The first-order valence-electron chi connectivity index (χ1n) is 11.1. The van der Waals surface area contributed by atoms with Crippen LogP contribution >= 0.6 is 24.0 Å². The molecule has 2 saturated heterocycles. The van der Waals surface area contributed by atoms with E-state index in [1.54, 1.807) is 0 Å². The number of benzene rings is 1. The average Bonchev–Trinajstić information content (AvgIpc) is 3.19. The molecule has 1 amide bonds. The van der Waals surface area contributed by atoms with Crippen LogP contribution in [0, 0.1) is 0 Å². The van der Waals surface area contributed by atoms with E-state index in [0.717, 1.165) is 69.4 Å². The summed E-state index contributed by atoms with van der Waals surface area (Å²) in [5.74, 6) is 1.09. The molecule has 168 valence electrons. The van der Waals surface area contributed by atoms with Gasteiger partial charge in [0.05, 0.1) is 6.54 Å². The van der Waals surface area contributed by atoms with Gasteiger partial charge in [0.25, 0.3) is 0 Å². The summed E-state index contributed by atoms with van der Waals surface area (Å²) in [5, 5.41) is 6.78. The van der Waals surface area contributed by atoms with Crippen LogP contribution in [0.2, 0.25) is 0 Å². The van der Waals surface area contributed by atoms with Gasteiger partial charge in [-0.2, -0.15) is 0 Å². The number of hydrogen-bond donors (Lipinski definition) is 2. The minimum Gasteiger partial charge on any atom is -0.357 e. The standard InChI is InChI=1S/C22H36N6O.HI/c1-3-23-22(24-11-13-27-16-14-26(4-2)15-17-27)25-18-19-7-9-20(10-8-19)28-12-5-6-21(28)29;/h7-10H,3-6,11-18H2,1-2H3,(H2,23,24,25);1H. The van der Waals surface area contributed by atoms with Gasteiger partial charge in [0.1, 0.15) is 0 Å². The summed E-state index contributed by atoms with van der Waals surface area (Å²) in [5.41, 5.74) is 2.14. The lowest BCUT2D eigenvalue weighted by atomic mass is 10.2. The van der Waals surface area contributed by atoms with Gasteiger partial charge in [0.2, 0.25) is 5.91 Å². The number of aliphatic imine (C=N–C) groups is 1. The van der Waals surface area contributed by atoms with Crippen LogP contribution in [0.25, 0.3) is 0 Å². The number of hydrogen-bond acceptors (Lipinski definition) is 4. The molecule has 1 aromatic rings. The number of halogens is 1. The summed E-state index contributed by atoms with van der Waals surface area (Å²) >= 11 is 0. The minimum absolute atomic E-state index is 0. The summed E-state index contributed by atoms with van der Waals surface area (Å²) < 4.78 is 0. The van der Waals surface area contributed by atoms with Gasteiger partial charge in [-0.25, -0.2) is 4.99 Å². The second kappa shape index (κ2) is 13.1. The van der Waals surface area contributed by atoms with Gasteiger partial charge in [-0.1, -0.05) is 19.1 Å². The van der Waals surface area contributed by atoms with Crippen LogP contribution in [0.3, 0.4) is 0 Å². The van der Waals surface area contributed by atoms with E-state index in [4.69, 9.17) is 4.99 Å². The van der Waals surface area contributed by atoms with E-state index in [-0.39, 0.29) is 29.9 Å². The Kier molecular flexibility index (Phi) is 10.9. The van der Waals surface area contributed by atoms with Gasteiger partial charge in [0.15, 0.2) is 5.96 Å². The van der Waals surface area contributed by atoms with Crippen LogP contribution in [-0.2, 0) is 11.3 Å². The van der Waals surface area contributed by atoms with E-state index in [0.29, 0.717) is 13.0 Å². The molecule has 0 saturated carbocycles. The molecule has 0 aromatic heterocycles. The number of anilines is 1. The molecule has 30 heavy (non-hydrogen) atoms. The van der Waals surface area contributed by atoms with Crippen molar-refractivity contribution in [2.75, 3.05) is 63.8 Å². The van der Waals surface area contributed by atoms with Crippen LogP contribution in [0.5, 0.6) is 0 Å². The van der Waals surface area contributed by atoms with Crippen LogP contribution in [-0.4, -0.2) is 80.6 Å². The van der Waals surface area contributed by atoms with Crippen molar-refractivity contribution in [3.8, 4) is 0 Å². The normalized spacial score (nSPS) is 18.4. The van der Waals surface area contributed by atoms with Gasteiger partial charge in [-0.15, -0.1) is 24.0 Å². The maximum atomic E-state index is 11.9. The Morgan fingerprint density at radius 2 is 1.70 bits per heavy atom. The lowest BCUT2D eigenvalue weighted by molar-refractivity contribution is -0.117. The van der Waals surface area contributed by atoms with Crippen LogP contribution in [0.1, 0.15) is 32.3 Å². The maximum absolute atomic E-state index is 11.9. The number of carbonyl (C=O) groups is 1. The topological polar surface area (TPSA) is 63.2 Å². The lowest BCUT2D eigenvalue weighted by Gasteiger charge is -2.34. The quantitative estimate of drug-likeness (QED) is 0.308. The third-order valence-corrected chi connectivity index (χ3v) is 5.72. The highest BCUT2D eigenvalue weighted by Gasteiger charge is 2.21. The van der Waals surface area contributed by atoms with E-state index in [1.807, 2.05) is 17.0 Å². The van der Waals surface area contributed by atoms with Gasteiger partial charge in [0, 0.05) is 64.5 Å². The molecule has 2 heterocycles. The molecule has 1 aromatic carbocycles. The molecule has 3 rings (SSSR count). The van der Waals surface area contributed by atoms with Crippen molar-refractivity contribution < 1.29 is 4.79 Å². The highest BCUT2D eigenvalue weighted by molar-refractivity contribution is 14.0. The summed E-state index contributed by atoms with van der Waals surface area (Å²) in [6, 6.07) is 8.21. The Balaban J connectivity index is 0.00000320. The largest absolute Gasteiger partial charge is 0.357 e. The molecular weight excluding hydrogens is 491 g/mol. The molecule has 0 radical (unpaired) electrons. The zero-order valence-corrected chi connectivity index (χ0v) is 20.7. The molecule has 7 nitrogen and oxygen atoms in total. The van der Waals surface area contributed by atoms with E-state index >= 15 is 0 Å². The first-order chi connectivity index (χ1) is 14.2. The Bertz CT molecular complexity index is 673. The highest BCUT2D eigenvalue weighted by Crippen LogP contribution is 2.21. The van der Waals surface area contributed by atoms with Crippen LogP contribution < -0.4 is 15.5 Å². The zero-order valence-electron chi connectivity index (χ0n) is 18.4. The minimum atomic E-state index is 0. The first kappa shape index (κ1) is 24.9. The van der Waals surface area contributed by atoms with E-state index in [1.165, 1.54) is 13.1 Å². The number of guanidine groups is 1. The van der Waals surface area contributed by atoms with E-state index in [2.05, 4.69) is 46.4 Å². The van der Waals surface area contributed by atoms with Crippen molar-refractivity contribution in [3.05, 3.63) is 29.8 Å². The second-order valence-electron chi connectivity index (χ2n) is 7.71. The Morgan fingerprint density at radius 1 is 1.00 bits per heavy atom. The van der Waals surface area contributed by atoms with Gasteiger partial charge < -0.3 is 20.4 Å². The lowest BCUT2D eigenvalue weighted by Crippen LogP contribution is -2.49. The smallest absolute Gasteiger partial charge is 0.227 e. The molecule has 8 heteroatoms. The number of amides is 1. The van der Waals surface area contributed by atoms with Gasteiger partial charge in [-0.3, -0.25) is 9.69 Å². The number of piperazine rings is 1. The number of nitrogens with one attached hydrogen (secondary N) is 2. The first-order valence-corrected chi connectivity index (χ1v) is 11.1. The van der Waals surface area contributed by atoms with Gasteiger partial charge >= 0.3 is 0 Å². The van der Waals surface area contributed by atoms with E-state index < -0.39 is 0 Å². The molecule has 0 aliphatic carbocycles. The SMILES string of the molecule is CCNC(=NCc1ccc(N2CCCC2=O)cc1)NCCN1CCN(CC)CC1.I. The Labute approximate surface area is 198 Å². The zero-order chi connectivity index (χ0) is 20.5. The molecule has 2 aliphatic heterocycles. The second-order valence-corrected chi connectivity index (χ2v) is 7.71. The predicted molar refractivity (Wildman–Crippen MR) is 135 cm³/mol. The molecule has 2 aliphatic rings. The summed E-state index contributed by atoms with van der Waals surface area (Å²) in [6.45, 7) is 14.3.